The minimum atomic E-state index is -0.244. The fraction of sp³-hybridized carbons (Fsp3) is 0.875. The van der Waals surface area contributed by atoms with Crippen LogP contribution in [0.1, 0.15) is 66.2 Å². The van der Waals surface area contributed by atoms with Crippen molar-refractivity contribution in [1.82, 2.24) is 0 Å². The summed E-state index contributed by atoms with van der Waals surface area (Å²) < 4.78 is 18.4. The number of hydrogen-bond acceptors (Lipinski definition) is 3. The van der Waals surface area contributed by atoms with Crippen molar-refractivity contribution in [3.05, 3.63) is 11.5 Å². The van der Waals surface area contributed by atoms with Gasteiger partial charge in [0.05, 0.1) is 17.3 Å². The Morgan fingerprint density at radius 2 is 1.71 bits per heavy atom. The molecular formula is C16H29BO3Si. The molecule has 0 radical (unpaired) electrons. The third kappa shape index (κ3) is 2.56. The van der Waals surface area contributed by atoms with Crippen molar-refractivity contribution in [3.8, 4) is 0 Å². The minimum Gasteiger partial charge on any atom is -0.424 e. The van der Waals surface area contributed by atoms with E-state index in [1.165, 1.54) is 31.2 Å². The van der Waals surface area contributed by atoms with Crippen LogP contribution >= 0.6 is 0 Å². The van der Waals surface area contributed by atoms with Crippen molar-refractivity contribution >= 4 is 17.6 Å². The van der Waals surface area contributed by atoms with E-state index in [-0.39, 0.29) is 23.7 Å². The molecule has 0 N–H and O–H groups in total. The predicted octanol–water partition coefficient (Wildman–Crippen LogP) is 2.56. The molecular weight excluding hydrogens is 279 g/mol. The Hall–Kier alpha value is -0.0982. The molecule has 0 amide bonds. The molecule has 0 aromatic carbocycles. The van der Waals surface area contributed by atoms with E-state index < -0.39 is 0 Å². The van der Waals surface area contributed by atoms with Crippen LogP contribution in [0.25, 0.3) is 0 Å². The summed E-state index contributed by atoms with van der Waals surface area (Å²) in [6.07, 6.45) is 10.3. The molecule has 0 aromatic rings. The molecule has 1 atom stereocenters. The molecule has 0 bridgehead atoms. The van der Waals surface area contributed by atoms with Gasteiger partial charge in [0.1, 0.15) is 10.5 Å². The van der Waals surface area contributed by atoms with Crippen LogP contribution in [0.4, 0.5) is 0 Å². The van der Waals surface area contributed by atoms with E-state index in [4.69, 9.17) is 13.7 Å². The Morgan fingerprint density at radius 1 is 1.14 bits per heavy atom. The average Bonchev–Trinajstić information content (AvgIpc) is 2.93. The zero-order valence-corrected chi connectivity index (χ0v) is 16.2. The van der Waals surface area contributed by atoms with Crippen molar-refractivity contribution in [2.45, 2.75) is 83.5 Å². The first-order valence-corrected chi connectivity index (χ1v) is 9.21. The van der Waals surface area contributed by atoms with Gasteiger partial charge in [0.25, 0.3) is 0 Å². The normalized spacial score (nSPS) is 33.6. The standard InChI is InChI=1S/C16H29BO3Si/c1-14(2)15(3,4)20-17(19-14)12-7-8-13(18-21)16(11-12)9-5-6-10-16/h11,13H,5-10H2,1-4,21H3. The topological polar surface area (TPSA) is 27.7 Å². The molecule has 1 heterocycles. The zero-order valence-electron chi connectivity index (χ0n) is 14.2. The predicted molar refractivity (Wildman–Crippen MR) is 89.1 cm³/mol. The fourth-order valence-corrected chi connectivity index (χ4v) is 4.86. The van der Waals surface area contributed by atoms with Crippen molar-refractivity contribution in [3.63, 3.8) is 0 Å². The van der Waals surface area contributed by atoms with Gasteiger partial charge >= 0.3 is 7.12 Å². The second-order valence-corrected chi connectivity index (χ2v) is 8.48. The summed E-state index contributed by atoms with van der Waals surface area (Å²) in [5, 5.41) is 0. The first-order valence-electron chi connectivity index (χ1n) is 8.40. The lowest BCUT2D eigenvalue weighted by Gasteiger charge is -2.39. The number of hydrogen-bond donors (Lipinski definition) is 0. The molecule has 1 saturated heterocycles. The third-order valence-corrected chi connectivity index (χ3v) is 6.75. The molecule has 5 heteroatoms. The summed E-state index contributed by atoms with van der Waals surface area (Å²) in [6, 6.07) is 0. The van der Waals surface area contributed by atoms with E-state index in [9.17, 15) is 0 Å². The molecule has 2 fully saturated rings. The van der Waals surface area contributed by atoms with Crippen LogP contribution in [0.5, 0.6) is 0 Å². The SMILES string of the molecule is CC1(C)OB(C2=CC3(CCCC3)C(O[SiH3])CC2)OC1(C)C. The summed E-state index contributed by atoms with van der Waals surface area (Å²) in [4.78, 5) is 0. The Morgan fingerprint density at radius 3 is 2.24 bits per heavy atom. The maximum absolute atomic E-state index is 6.25. The van der Waals surface area contributed by atoms with Crippen LogP contribution in [-0.4, -0.2) is 34.9 Å². The maximum atomic E-state index is 6.25. The lowest BCUT2D eigenvalue weighted by molar-refractivity contribution is 0.00578. The molecule has 2 aliphatic carbocycles. The van der Waals surface area contributed by atoms with Gasteiger partial charge in [0.15, 0.2) is 0 Å². The van der Waals surface area contributed by atoms with Gasteiger partial charge in [-0.15, -0.1) is 0 Å². The molecule has 1 saturated carbocycles. The Balaban J connectivity index is 1.85. The van der Waals surface area contributed by atoms with E-state index >= 15 is 0 Å². The highest BCUT2D eigenvalue weighted by atomic mass is 28.2. The van der Waals surface area contributed by atoms with Crippen LogP contribution in [0.2, 0.25) is 0 Å². The van der Waals surface area contributed by atoms with Crippen molar-refractivity contribution < 1.29 is 13.7 Å². The molecule has 21 heavy (non-hydrogen) atoms. The largest absolute Gasteiger partial charge is 0.490 e. The first kappa shape index (κ1) is 15.8. The lowest BCUT2D eigenvalue weighted by atomic mass is 9.64. The van der Waals surface area contributed by atoms with Crippen LogP contribution in [0, 0.1) is 5.41 Å². The van der Waals surface area contributed by atoms with Gasteiger partial charge in [-0.3, -0.25) is 0 Å². The molecule has 3 rings (SSSR count). The number of allylic oxidation sites excluding steroid dienone is 1. The summed E-state index contributed by atoms with van der Waals surface area (Å²) in [5.74, 6) is 0. The highest BCUT2D eigenvalue weighted by Gasteiger charge is 2.54. The third-order valence-electron chi connectivity index (χ3n) is 6.18. The molecule has 3 aliphatic rings. The monoisotopic (exact) mass is 308 g/mol. The van der Waals surface area contributed by atoms with Crippen molar-refractivity contribution in [1.29, 1.82) is 0 Å². The van der Waals surface area contributed by atoms with Crippen LogP contribution in [0.3, 0.4) is 0 Å². The molecule has 3 nitrogen and oxygen atoms in total. The Kier molecular flexibility index (Phi) is 3.92. The van der Waals surface area contributed by atoms with E-state index in [2.05, 4.69) is 33.8 Å². The van der Waals surface area contributed by atoms with Gasteiger partial charge in [-0.05, 0) is 58.9 Å². The van der Waals surface area contributed by atoms with Crippen LogP contribution in [0.15, 0.2) is 11.5 Å². The maximum Gasteiger partial charge on any atom is 0.490 e. The second kappa shape index (κ2) is 5.22. The first-order chi connectivity index (χ1) is 9.80. The van der Waals surface area contributed by atoms with Crippen molar-refractivity contribution in [2.24, 2.45) is 5.41 Å². The van der Waals surface area contributed by atoms with Gasteiger partial charge in [-0.25, -0.2) is 0 Å². The minimum absolute atomic E-state index is 0.164. The second-order valence-electron chi connectivity index (χ2n) is 8.01. The summed E-state index contributed by atoms with van der Waals surface area (Å²) in [6.45, 7) is 8.52. The van der Waals surface area contributed by atoms with Gasteiger partial charge in [-0.1, -0.05) is 18.9 Å². The summed E-state index contributed by atoms with van der Waals surface area (Å²) in [5.41, 5.74) is 1.13. The quantitative estimate of drug-likeness (QED) is 0.734. The smallest absolute Gasteiger partial charge is 0.424 e. The average molecular weight is 308 g/mol. The molecule has 1 aliphatic heterocycles. The molecule has 1 unspecified atom stereocenters. The summed E-state index contributed by atoms with van der Waals surface area (Å²) in [7, 11) is 0.670. The zero-order chi connectivity index (χ0) is 15.3. The van der Waals surface area contributed by atoms with E-state index in [0.29, 0.717) is 6.10 Å². The highest BCUT2D eigenvalue weighted by molar-refractivity contribution is 6.54. The van der Waals surface area contributed by atoms with E-state index in [1.807, 2.05) is 0 Å². The molecule has 0 aromatic heterocycles. The molecule has 1 spiro atoms. The number of rotatable bonds is 2. The molecule has 118 valence electrons. The van der Waals surface area contributed by atoms with Gasteiger partial charge in [-0.2, -0.15) is 0 Å². The van der Waals surface area contributed by atoms with Gasteiger partial charge in [0, 0.05) is 5.41 Å². The lowest BCUT2D eigenvalue weighted by Crippen LogP contribution is -2.41. The highest BCUT2D eigenvalue weighted by Crippen LogP contribution is 2.50. The Labute approximate surface area is 132 Å². The van der Waals surface area contributed by atoms with Crippen LogP contribution < -0.4 is 0 Å². The van der Waals surface area contributed by atoms with Crippen LogP contribution in [-0.2, 0) is 13.7 Å². The summed E-state index contributed by atoms with van der Waals surface area (Å²) >= 11 is 0. The fourth-order valence-electron chi connectivity index (χ4n) is 4.15. The van der Waals surface area contributed by atoms with Gasteiger partial charge in [0.2, 0.25) is 0 Å². The Bertz CT molecular complexity index is 425. The van der Waals surface area contributed by atoms with E-state index in [1.54, 1.807) is 0 Å². The van der Waals surface area contributed by atoms with Gasteiger partial charge < -0.3 is 13.7 Å². The van der Waals surface area contributed by atoms with E-state index in [0.717, 1.165) is 23.3 Å². The van der Waals surface area contributed by atoms with Crippen molar-refractivity contribution in [2.75, 3.05) is 0 Å².